The first-order valence-electron chi connectivity index (χ1n) is 13.7. The molecule has 3 rings (SSSR count). The van der Waals surface area contributed by atoms with Crippen LogP contribution in [0.2, 0.25) is 0 Å². The summed E-state index contributed by atoms with van der Waals surface area (Å²) < 4.78 is 6.30. The van der Waals surface area contributed by atoms with Gasteiger partial charge in [0.2, 0.25) is 0 Å². The summed E-state index contributed by atoms with van der Waals surface area (Å²) in [6, 6.07) is 25.1. The first kappa shape index (κ1) is 29.2. The zero-order chi connectivity index (χ0) is 27.5. The van der Waals surface area contributed by atoms with E-state index in [9.17, 15) is 9.90 Å². The van der Waals surface area contributed by atoms with Gasteiger partial charge in [-0.2, -0.15) is 0 Å². The van der Waals surface area contributed by atoms with E-state index in [4.69, 9.17) is 4.74 Å². The van der Waals surface area contributed by atoms with Crippen molar-refractivity contribution >= 4 is 11.5 Å². The van der Waals surface area contributed by atoms with E-state index < -0.39 is 5.97 Å². The van der Waals surface area contributed by atoms with Crippen LogP contribution in [0.1, 0.15) is 61.4 Å². The van der Waals surface area contributed by atoms with Crippen molar-refractivity contribution in [1.82, 2.24) is 4.90 Å². The van der Waals surface area contributed by atoms with Crippen molar-refractivity contribution in [2.45, 2.75) is 60.6 Å². The second-order valence-electron chi connectivity index (χ2n) is 10.5. The van der Waals surface area contributed by atoms with E-state index in [1.165, 1.54) is 22.3 Å². The number of benzene rings is 3. The topological polar surface area (TPSA) is 49.8 Å². The molecule has 1 atom stereocenters. The number of rotatable bonds is 14. The number of aryl methyl sites for hydroxylation is 2. The molecule has 0 fully saturated rings. The molecule has 0 aliphatic rings. The minimum Gasteiger partial charge on any atom is -0.489 e. The first-order valence-corrected chi connectivity index (χ1v) is 13.7. The predicted molar refractivity (Wildman–Crippen MR) is 157 cm³/mol. The molecule has 202 valence electrons. The smallest absolute Gasteiger partial charge is 0.306 e. The standard InChI is InChI=1S/C34H43NO3/c1-6-12-29(32-17-9-7-14-27(32)5)22-35(20-19-31(25(2)3)34(36)37)23-30-16-8-10-18-33(30)38-24-28-15-11-13-26(4)21-28/h7-18,21,25,31H,6,19-20,22-24H2,1-5H3,(H,36,37)/b29-12-. The van der Waals surface area contributed by atoms with E-state index in [1.54, 1.807) is 0 Å². The molecule has 3 aromatic carbocycles. The van der Waals surface area contributed by atoms with Crippen LogP contribution < -0.4 is 4.74 Å². The lowest BCUT2D eigenvalue weighted by atomic mass is 9.92. The molecule has 0 aliphatic heterocycles. The highest BCUT2D eigenvalue weighted by Crippen LogP contribution is 2.26. The number of aliphatic carboxylic acids is 1. The normalized spacial score (nSPS) is 12.7. The van der Waals surface area contributed by atoms with Crippen LogP contribution in [-0.2, 0) is 17.9 Å². The second-order valence-corrected chi connectivity index (χ2v) is 10.5. The summed E-state index contributed by atoms with van der Waals surface area (Å²) in [5.41, 5.74) is 7.25. The Kier molecular flexibility index (Phi) is 11.2. The highest BCUT2D eigenvalue weighted by Gasteiger charge is 2.23. The van der Waals surface area contributed by atoms with Crippen LogP contribution in [0.4, 0.5) is 0 Å². The lowest BCUT2D eigenvalue weighted by Gasteiger charge is -2.28. The zero-order valence-electron chi connectivity index (χ0n) is 23.6. The van der Waals surface area contributed by atoms with Gasteiger partial charge in [-0.15, -0.1) is 0 Å². The van der Waals surface area contributed by atoms with Crippen LogP contribution in [0, 0.1) is 25.7 Å². The van der Waals surface area contributed by atoms with E-state index in [1.807, 2.05) is 32.0 Å². The van der Waals surface area contributed by atoms with Crippen molar-refractivity contribution < 1.29 is 14.6 Å². The third-order valence-corrected chi connectivity index (χ3v) is 7.06. The van der Waals surface area contributed by atoms with E-state index in [-0.39, 0.29) is 11.8 Å². The summed E-state index contributed by atoms with van der Waals surface area (Å²) in [5, 5.41) is 9.82. The molecule has 38 heavy (non-hydrogen) atoms. The minimum absolute atomic E-state index is 0.0846. The third kappa shape index (κ3) is 8.59. The number of para-hydroxylation sites is 1. The van der Waals surface area contributed by atoms with Crippen LogP contribution >= 0.6 is 0 Å². The number of nitrogens with zero attached hydrogens (tertiary/aromatic N) is 1. The molecule has 0 saturated carbocycles. The summed E-state index contributed by atoms with van der Waals surface area (Å²) in [6.45, 7) is 13.0. The third-order valence-electron chi connectivity index (χ3n) is 7.06. The van der Waals surface area contributed by atoms with Gasteiger partial charge in [0.15, 0.2) is 0 Å². The fourth-order valence-corrected chi connectivity index (χ4v) is 4.94. The summed E-state index contributed by atoms with van der Waals surface area (Å²) in [7, 11) is 0. The maximum Gasteiger partial charge on any atom is 0.306 e. The Bertz CT molecular complexity index is 1210. The lowest BCUT2D eigenvalue weighted by Crippen LogP contribution is -2.31. The van der Waals surface area contributed by atoms with Gasteiger partial charge in [0.05, 0.1) is 5.92 Å². The molecule has 0 aromatic heterocycles. The van der Waals surface area contributed by atoms with Crippen LogP contribution in [0.5, 0.6) is 5.75 Å². The number of hydrogen-bond acceptors (Lipinski definition) is 3. The van der Waals surface area contributed by atoms with Crippen LogP contribution in [-0.4, -0.2) is 29.1 Å². The summed E-state index contributed by atoms with van der Waals surface area (Å²) in [4.78, 5) is 14.3. The predicted octanol–water partition coefficient (Wildman–Crippen LogP) is 7.92. The molecule has 0 spiro atoms. The first-order chi connectivity index (χ1) is 18.3. The van der Waals surface area contributed by atoms with Crippen molar-refractivity contribution in [3.05, 3.63) is 107 Å². The van der Waals surface area contributed by atoms with Crippen molar-refractivity contribution in [2.75, 3.05) is 13.1 Å². The molecule has 1 N–H and O–H groups in total. The van der Waals surface area contributed by atoms with Crippen LogP contribution in [0.15, 0.2) is 78.9 Å². The molecular formula is C34H43NO3. The van der Waals surface area contributed by atoms with Gasteiger partial charge in [-0.1, -0.05) is 99.1 Å². The quantitative estimate of drug-likeness (QED) is 0.238. The maximum absolute atomic E-state index is 12.0. The largest absolute Gasteiger partial charge is 0.489 e. The fraction of sp³-hybridized carbons (Fsp3) is 0.382. The monoisotopic (exact) mass is 513 g/mol. The van der Waals surface area contributed by atoms with Gasteiger partial charge in [-0.05, 0) is 67.5 Å². The number of carbonyl (C=O) groups is 1. The molecule has 4 nitrogen and oxygen atoms in total. The van der Waals surface area contributed by atoms with Crippen molar-refractivity contribution in [1.29, 1.82) is 0 Å². The lowest BCUT2D eigenvalue weighted by molar-refractivity contribution is -0.143. The second kappa shape index (κ2) is 14.5. The molecule has 1 unspecified atom stereocenters. The van der Waals surface area contributed by atoms with Crippen molar-refractivity contribution in [3.8, 4) is 5.75 Å². The molecule has 0 heterocycles. The Hall–Kier alpha value is -3.37. The molecule has 3 aromatic rings. The Morgan fingerprint density at radius 1 is 1.00 bits per heavy atom. The summed E-state index contributed by atoms with van der Waals surface area (Å²) in [5.74, 6) is -0.136. The Balaban J connectivity index is 1.86. The van der Waals surface area contributed by atoms with Crippen LogP contribution in [0.3, 0.4) is 0 Å². The number of ether oxygens (including phenoxy) is 1. The van der Waals surface area contributed by atoms with E-state index in [0.717, 1.165) is 29.8 Å². The molecule has 0 amide bonds. The van der Waals surface area contributed by atoms with Gasteiger partial charge in [0.25, 0.3) is 0 Å². The van der Waals surface area contributed by atoms with Gasteiger partial charge in [-0.25, -0.2) is 0 Å². The average molecular weight is 514 g/mol. The van der Waals surface area contributed by atoms with Gasteiger partial charge in [0, 0.05) is 18.7 Å². The van der Waals surface area contributed by atoms with Crippen molar-refractivity contribution in [3.63, 3.8) is 0 Å². The van der Waals surface area contributed by atoms with Crippen molar-refractivity contribution in [2.24, 2.45) is 11.8 Å². The molecule has 0 radical (unpaired) electrons. The molecule has 0 saturated heterocycles. The van der Waals surface area contributed by atoms with E-state index >= 15 is 0 Å². The average Bonchev–Trinajstić information content (AvgIpc) is 2.88. The highest BCUT2D eigenvalue weighted by atomic mass is 16.5. The SMILES string of the molecule is CC/C=C(/CN(CCC(C(=O)O)C(C)C)Cc1ccccc1OCc1cccc(C)c1)c1ccccc1C. The van der Waals surface area contributed by atoms with Gasteiger partial charge >= 0.3 is 5.97 Å². The number of carboxylic acid groups (broad SMARTS) is 1. The van der Waals surface area contributed by atoms with Crippen LogP contribution in [0.25, 0.3) is 5.57 Å². The maximum atomic E-state index is 12.0. The number of allylic oxidation sites excluding steroid dienone is 1. The summed E-state index contributed by atoms with van der Waals surface area (Å²) in [6.07, 6.45) is 3.84. The Morgan fingerprint density at radius 3 is 2.42 bits per heavy atom. The van der Waals surface area contributed by atoms with E-state index in [0.29, 0.717) is 26.1 Å². The molecule has 0 bridgehead atoms. The number of hydrogen-bond donors (Lipinski definition) is 1. The summed E-state index contributed by atoms with van der Waals surface area (Å²) >= 11 is 0. The van der Waals surface area contributed by atoms with Gasteiger partial charge < -0.3 is 9.84 Å². The van der Waals surface area contributed by atoms with Gasteiger partial charge in [0.1, 0.15) is 12.4 Å². The molecule has 0 aliphatic carbocycles. The van der Waals surface area contributed by atoms with E-state index in [2.05, 4.69) is 86.3 Å². The minimum atomic E-state index is -0.718. The fourth-order valence-electron chi connectivity index (χ4n) is 4.94. The molecule has 4 heteroatoms. The zero-order valence-corrected chi connectivity index (χ0v) is 23.6. The highest BCUT2D eigenvalue weighted by molar-refractivity contribution is 5.70. The Morgan fingerprint density at radius 2 is 1.74 bits per heavy atom. The number of carboxylic acids is 1. The Labute approximate surface area is 229 Å². The molecular weight excluding hydrogens is 470 g/mol. The van der Waals surface area contributed by atoms with Gasteiger partial charge in [-0.3, -0.25) is 9.69 Å².